The highest BCUT2D eigenvalue weighted by molar-refractivity contribution is 5.80. The highest BCUT2D eigenvalue weighted by Gasteiger charge is 2.74. The summed E-state index contributed by atoms with van der Waals surface area (Å²) in [5, 5.41) is 255. The average Bonchev–Trinajstić information content (AvgIpc) is 0.939. The zero-order chi connectivity index (χ0) is 78.1. The van der Waals surface area contributed by atoms with Crippen LogP contribution in [0.1, 0.15) is 92.9 Å². The predicted molar refractivity (Wildman–Crippen MR) is 347 cm³/mol. The van der Waals surface area contributed by atoms with E-state index in [9.17, 15) is 117 Å². The first-order valence-electron chi connectivity index (χ1n) is 36.9. The predicted octanol–water partition coefficient (Wildman–Crippen LogP) is -9.73. The summed E-state index contributed by atoms with van der Waals surface area (Å²) in [6.45, 7) is 5.28. The number of ether oxygens (including phenoxy) is 14. The molecule has 38 heteroatoms. The van der Waals surface area contributed by atoms with Crippen LogP contribution in [0.15, 0.2) is 11.6 Å². The van der Waals surface area contributed by atoms with Crippen molar-refractivity contribution in [2.45, 2.75) is 301 Å². The minimum absolute atomic E-state index is 0.00104. The number of hydrogen-bond acceptors (Lipinski definition) is 38. The van der Waals surface area contributed by atoms with Gasteiger partial charge in [0.25, 0.3) is 0 Å². The van der Waals surface area contributed by atoms with Gasteiger partial charge < -0.3 is 184 Å². The Labute approximate surface area is 615 Å². The van der Waals surface area contributed by atoms with Crippen molar-refractivity contribution in [3.63, 3.8) is 0 Å². The van der Waals surface area contributed by atoms with Crippen molar-refractivity contribution in [1.29, 1.82) is 0 Å². The summed E-state index contributed by atoms with van der Waals surface area (Å²) in [4.78, 5) is 15.6. The molecule has 0 bridgehead atoms. The maximum atomic E-state index is 15.6. The Morgan fingerprint density at radius 1 is 0.495 bits per heavy atom. The number of esters is 1. The SMILES string of the molecule is CC1OC(OC2C(OC(=O)C34CCC(C)(C)CC3C3=CCC5C6(C)CC(O)C(OC7OC(COC8OC(COC9OC(CO)C(O)C(O)C9O)C(O)C(O)C8O)C(O)C(O)C7O)C(CO)(CO)C6CCC5(C)C3(C)CC4O)OCC(O)C2O)C(O)C(O)C1OC1OCC(O)C(OC2OCC(O)(CO)C2O)C1O. The number of allylic oxidation sites excluding steroid dienone is 2. The average molecular weight is 1550 g/mol. The Morgan fingerprint density at radius 3 is 1.64 bits per heavy atom. The molecule has 7 heterocycles. The summed E-state index contributed by atoms with van der Waals surface area (Å²) >= 11 is 0. The van der Waals surface area contributed by atoms with Crippen LogP contribution in [0.2, 0.25) is 0 Å². The van der Waals surface area contributed by atoms with Crippen molar-refractivity contribution in [1.82, 2.24) is 0 Å². The zero-order valence-corrected chi connectivity index (χ0v) is 60.3. The van der Waals surface area contributed by atoms with Crippen LogP contribution < -0.4 is 0 Å². The molecule has 0 aromatic carbocycles. The lowest BCUT2D eigenvalue weighted by Gasteiger charge is -2.72. The maximum absolute atomic E-state index is 15.6. The highest BCUT2D eigenvalue weighted by atomic mass is 16.8. The second-order valence-electron chi connectivity index (χ2n) is 33.5. The zero-order valence-electron chi connectivity index (χ0n) is 60.3. The van der Waals surface area contributed by atoms with Crippen LogP contribution >= 0.6 is 0 Å². The second-order valence-corrected chi connectivity index (χ2v) is 33.5. The largest absolute Gasteiger partial charge is 0.432 e. The number of fused-ring (bicyclic) bond motifs is 7. The van der Waals surface area contributed by atoms with Crippen molar-refractivity contribution >= 4 is 5.97 Å². The number of carbonyl (C=O) groups is 1. The van der Waals surface area contributed by atoms with E-state index in [0.717, 1.165) is 5.57 Å². The molecule has 38 nitrogen and oxygen atoms in total. The summed E-state index contributed by atoms with van der Waals surface area (Å²) in [5.41, 5.74) is -7.63. The van der Waals surface area contributed by atoms with E-state index in [0.29, 0.717) is 25.7 Å². The molecule has 4 saturated carbocycles. The number of rotatable bonds is 20. The van der Waals surface area contributed by atoms with Crippen LogP contribution in [0.5, 0.6) is 0 Å². The first kappa shape index (κ1) is 84.2. The van der Waals surface area contributed by atoms with Crippen LogP contribution in [0.4, 0.5) is 0 Å². The molecule has 12 aliphatic rings. The summed E-state index contributed by atoms with van der Waals surface area (Å²) < 4.78 is 81.5. The summed E-state index contributed by atoms with van der Waals surface area (Å²) in [6, 6.07) is 0. The smallest absolute Gasteiger partial charge is 0.317 e. The number of hydrogen-bond donors (Lipinski definition) is 23. The van der Waals surface area contributed by atoms with Crippen LogP contribution in [0.3, 0.4) is 0 Å². The van der Waals surface area contributed by atoms with Gasteiger partial charge in [0.05, 0.1) is 83.9 Å². The molecule has 41 atom stereocenters. The Kier molecular flexibility index (Phi) is 25.0. The summed E-state index contributed by atoms with van der Waals surface area (Å²) in [5.74, 6) is -2.64. The molecule has 0 aromatic heterocycles. The third kappa shape index (κ3) is 14.4. The van der Waals surface area contributed by atoms with Gasteiger partial charge in [-0.2, -0.15) is 0 Å². The van der Waals surface area contributed by atoms with E-state index < -0.39 is 318 Å². The molecule has 0 aromatic rings. The van der Waals surface area contributed by atoms with Gasteiger partial charge in [-0.1, -0.05) is 46.3 Å². The van der Waals surface area contributed by atoms with Crippen molar-refractivity contribution in [3.8, 4) is 0 Å². The fourth-order valence-corrected chi connectivity index (χ4v) is 20.2. The molecule has 0 radical (unpaired) electrons. The molecular weight excluding hydrogens is 1440 g/mol. The van der Waals surface area contributed by atoms with Crippen LogP contribution in [0.25, 0.3) is 0 Å². The summed E-state index contributed by atoms with van der Waals surface area (Å²) in [7, 11) is 0. The Balaban J connectivity index is 0.725. The Hall–Kier alpha value is -2.23. The molecule has 11 fully saturated rings. The van der Waals surface area contributed by atoms with Gasteiger partial charge in [-0.15, -0.1) is 0 Å². The van der Waals surface area contributed by atoms with Gasteiger partial charge in [0.2, 0.25) is 6.29 Å². The third-order valence-electron chi connectivity index (χ3n) is 26.8. The summed E-state index contributed by atoms with van der Waals surface area (Å²) in [6.07, 6.45) is -53.4. The van der Waals surface area contributed by atoms with Crippen LogP contribution in [0, 0.1) is 50.2 Å². The Morgan fingerprint density at radius 2 is 1.04 bits per heavy atom. The van der Waals surface area contributed by atoms with Crippen molar-refractivity contribution in [3.05, 3.63) is 11.6 Å². The molecular formula is C69H112O38. The Bertz CT molecular complexity index is 3050. The number of carbonyl (C=O) groups excluding carboxylic acids is 1. The fraction of sp³-hybridized carbons (Fsp3) is 0.957. The normalized spacial score (nSPS) is 54.0. The van der Waals surface area contributed by atoms with Gasteiger partial charge in [0, 0.05) is 5.41 Å². The standard InChI is InChI=1S/C69H112O38/c1-25-50(103-57-49(90)51(30(76)18-94-57)104-61-53(91)68(93,23-73)24-98-61)44(85)48(89)58(99-25)105-52-37(78)29(75)17-95-60(52)107-62(92)69-12-11-63(2,3)13-27(69)26-7-8-34-64(4)14-28(74)54(67(21-71,22-72)35(64)9-10-65(34,5)66(26,6)15-36(69)77)106-59-47(88)43(84)40(81)33(102-59)20-97-56-46(87)42(83)39(80)32(101-56)19-96-55-45(86)41(82)38(79)31(16-70)100-55/h7,25,27-61,70-91,93H,8-24H2,1-6H3. The molecule has 616 valence electrons. The first-order valence-corrected chi connectivity index (χ1v) is 36.9. The minimum atomic E-state index is -2.10. The van der Waals surface area contributed by atoms with Gasteiger partial charge in [-0.05, 0) is 97.7 Å². The van der Waals surface area contributed by atoms with Gasteiger partial charge in [-0.25, -0.2) is 0 Å². The number of aliphatic hydroxyl groups excluding tert-OH is 22. The van der Waals surface area contributed by atoms with E-state index >= 15 is 4.79 Å². The lowest BCUT2D eigenvalue weighted by atomic mass is 9.33. The van der Waals surface area contributed by atoms with Gasteiger partial charge in [0.1, 0.15) is 139 Å². The van der Waals surface area contributed by atoms with E-state index in [1.54, 1.807) is 0 Å². The van der Waals surface area contributed by atoms with Crippen molar-refractivity contribution in [2.24, 2.45) is 50.2 Å². The molecule has 41 unspecified atom stereocenters. The second kappa shape index (κ2) is 31.8. The molecule has 7 saturated heterocycles. The quantitative estimate of drug-likeness (QED) is 0.0306. The number of aliphatic hydroxyl groups is 23. The lowest BCUT2D eigenvalue weighted by Crippen LogP contribution is -2.71. The molecule has 12 rings (SSSR count). The van der Waals surface area contributed by atoms with Gasteiger partial charge in [0.15, 0.2) is 43.8 Å². The van der Waals surface area contributed by atoms with Crippen LogP contribution in [-0.4, -0.2) is 391 Å². The topological polar surface area (TPSA) is 612 Å². The minimum Gasteiger partial charge on any atom is -0.432 e. The molecule has 23 N–H and O–H groups in total. The lowest BCUT2D eigenvalue weighted by molar-refractivity contribution is -0.372. The van der Waals surface area contributed by atoms with Gasteiger partial charge in [-0.3, -0.25) is 4.79 Å². The molecule has 107 heavy (non-hydrogen) atoms. The van der Waals surface area contributed by atoms with E-state index in [2.05, 4.69) is 26.8 Å². The fourth-order valence-electron chi connectivity index (χ4n) is 20.2. The molecule has 5 aliphatic carbocycles. The van der Waals surface area contributed by atoms with Crippen molar-refractivity contribution < 1.29 is 189 Å². The first-order chi connectivity index (χ1) is 50.3. The van der Waals surface area contributed by atoms with E-state index in [1.807, 2.05) is 13.8 Å². The van der Waals surface area contributed by atoms with Crippen LogP contribution in [-0.2, 0) is 71.1 Å². The van der Waals surface area contributed by atoms with E-state index in [-0.39, 0.29) is 31.6 Å². The monoisotopic (exact) mass is 1550 g/mol. The molecule has 0 spiro atoms. The van der Waals surface area contributed by atoms with E-state index in [1.165, 1.54) is 6.92 Å². The molecule has 0 amide bonds. The molecule has 7 aliphatic heterocycles. The highest BCUT2D eigenvalue weighted by Crippen LogP contribution is 2.76. The van der Waals surface area contributed by atoms with E-state index in [4.69, 9.17) is 66.3 Å². The maximum Gasteiger partial charge on any atom is 0.317 e. The van der Waals surface area contributed by atoms with Crippen molar-refractivity contribution in [2.75, 3.05) is 59.5 Å². The van der Waals surface area contributed by atoms with Gasteiger partial charge >= 0.3 is 5.97 Å². The third-order valence-corrected chi connectivity index (χ3v) is 26.8.